The second-order valence-electron chi connectivity index (χ2n) is 1.80. The fourth-order valence-corrected chi connectivity index (χ4v) is 2.31. The fraction of sp³-hybridized carbons (Fsp3) is 0.333. The maximum absolute atomic E-state index is 5.60. The van der Waals surface area contributed by atoms with Crippen molar-refractivity contribution in [2.24, 2.45) is 0 Å². The van der Waals surface area contributed by atoms with E-state index in [1.165, 1.54) is 14.2 Å². The first kappa shape index (κ1) is 7.58. The quantitative estimate of drug-likeness (QED) is 0.641. The van der Waals surface area contributed by atoms with Gasteiger partial charge < -0.3 is 0 Å². The van der Waals surface area contributed by atoms with E-state index >= 15 is 0 Å². The van der Waals surface area contributed by atoms with E-state index in [1.54, 1.807) is 11.3 Å². The highest BCUT2D eigenvalue weighted by molar-refractivity contribution is 9.11. The summed E-state index contributed by atoms with van der Waals surface area (Å²) in [6, 6.07) is 2.10. The van der Waals surface area contributed by atoms with Gasteiger partial charge in [0.25, 0.3) is 0 Å². The van der Waals surface area contributed by atoms with Crippen molar-refractivity contribution in [2.45, 2.75) is 12.8 Å². The average molecular weight is 226 g/mol. The van der Waals surface area contributed by atoms with Gasteiger partial charge in [0.2, 0.25) is 0 Å². The first-order valence-electron chi connectivity index (χ1n) is 2.55. The molecule has 0 nitrogen and oxygen atoms in total. The predicted molar refractivity (Wildman–Crippen MR) is 46.3 cm³/mol. The number of aryl methyl sites for hydroxylation is 1. The number of rotatable bonds is 1. The van der Waals surface area contributed by atoms with Gasteiger partial charge >= 0.3 is 0 Å². The Balaban J connectivity index is 2.98. The summed E-state index contributed by atoms with van der Waals surface area (Å²) >= 11 is 10.7. The molecule has 0 radical (unpaired) electrons. The van der Waals surface area contributed by atoms with Crippen molar-refractivity contribution in [1.82, 2.24) is 0 Å². The van der Waals surface area contributed by atoms with Crippen LogP contribution in [-0.2, 0) is 5.88 Å². The van der Waals surface area contributed by atoms with Crippen LogP contribution in [0.2, 0.25) is 0 Å². The van der Waals surface area contributed by atoms with Crippen molar-refractivity contribution >= 4 is 38.9 Å². The van der Waals surface area contributed by atoms with Gasteiger partial charge in [0, 0.05) is 4.88 Å². The third kappa shape index (κ3) is 1.69. The summed E-state index contributed by atoms with van der Waals surface area (Å²) in [5.41, 5.74) is 1.27. The topological polar surface area (TPSA) is 0 Å². The maximum atomic E-state index is 5.60. The lowest BCUT2D eigenvalue weighted by Crippen LogP contribution is -1.62. The van der Waals surface area contributed by atoms with Gasteiger partial charge in [0.15, 0.2) is 0 Å². The first-order valence-corrected chi connectivity index (χ1v) is 4.69. The number of hydrogen-bond acceptors (Lipinski definition) is 1. The number of thiophene rings is 1. The monoisotopic (exact) mass is 224 g/mol. The van der Waals surface area contributed by atoms with Crippen LogP contribution in [0.25, 0.3) is 0 Å². The molecule has 0 unspecified atom stereocenters. The van der Waals surface area contributed by atoms with Crippen molar-refractivity contribution in [2.75, 3.05) is 0 Å². The van der Waals surface area contributed by atoms with Crippen molar-refractivity contribution in [3.63, 3.8) is 0 Å². The van der Waals surface area contributed by atoms with E-state index in [0.717, 1.165) is 0 Å². The summed E-state index contributed by atoms with van der Waals surface area (Å²) in [6.45, 7) is 2.07. The molecule has 9 heavy (non-hydrogen) atoms. The third-order valence-corrected chi connectivity index (χ3v) is 3.62. The van der Waals surface area contributed by atoms with Crippen LogP contribution in [0, 0.1) is 6.92 Å². The second-order valence-corrected chi connectivity index (χ2v) is 4.52. The molecule has 0 N–H and O–H groups in total. The summed E-state index contributed by atoms with van der Waals surface area (Å²) in [5.74, 6) is 0.622. The minimum Gasteiger partial charge on any atom is -0.132 e. The summed E-state index contributed by atoms with van der Waals surface area (Å²) in [4.78, 5) is 1.22. The van der Waals surface area contributed by atoms with Crippen molar-refractivity contribution in [3.05, 3.63) is 20.3 Å². The molecule has 1 heterocycles. The highest BCUT2D eigenvalue weighted by Gasteiger charge is 1.99. The molecule has 0 fully saturated rings. The third-order valence-electron chi connectivity index (χ3n) is 1.04. The molecule has 0 saturated carbocycles. The van der Waals surface area contributed by atoms with Crippen LogP contribution < -0.4 is 0 Å². The molecule has 0 aliphatic heterocycles. The molecular weight excluding hydrogens is 219 g/mol. The molecule has 0 aliphatic rings. The lowest BCUT2D eigenvalue weighted by atomic mass is 10.4. The zero-order chi connectivity index (χ0) is 6.85. The minimum atomic E-state index is 0.622. The first-order chi connectivity index (χ1) is 4.24. The lowest BCUT2D eigenvalue weighted by Gasteiger charge is -1.77. The van der Waals surface area contributed by atoms with Crippen molar-refractivity contribution < 1.29 is 0 Å². The molecule has 0 bridgehead atoms. The SMILES string of the molecule is Cc1cc(CCl)sc1Br. The Morgan fingerprint density at radius 3 is 2.67 bits per heavy atom. The van der Waals surface area contributed by atoms with E-state index in [9.17, 15) is 0 Å². The van der Waals surface area contributed by atoms with Crippen LogP contribution in [0.3, 0.4) is 0 Å². The maximum Gasteiger partial charge on any atom is 0.0730 e. The van der Waals surface area contributed by atoms with Gasteiger partial charge in [-0.3, -0.25) is 0 Å². The fourth-order valence-electron chi connectivity index (χ4n) is 0.589. The van der Waals surface area contributed by atoms with Crippen LogP contribution in [0.5, 0.6) is 0 Å². The van der Waals surface area contributed by atoms with E-state index < -0.39 is 0 Å². The molecule has 0 spiro atoms. The van der Waals surface area contributed by atoms with E-state index in [-0.39, 0.29) is 0 Å². The van der Waals surface area contributed by atoms with Gasteiger partial charge in [-0.1, -0.05) is 0 Å². The van der Waals surface area contributed by atoms with Crippen molar-refractivity contribution in [1.29, 1.82) is 0 Å². The van der Waals surface area contributed by atoms with E-state index in [1.807, 2.05) is 0 Å². The summed E-state index contributed by atoms with van der Waals surface area (Å²) in [5, 5.41) is 0. The second kappa shape index (κ2) is 3.04. The Labute approximate surface area is 72.0 Å². The molecule has 50 valence electrons. The Morgan fingerprint density at radius 1 is 1.78 bits per heavy atom. The molecule has 3 heteroatoms. The molecule has 1 aromatic heterocycles. The van der Waals surface area contributed by atoms with Crippen LogP contribution in [-0.4, -0.2) is 0 Å². The van der Waals surface area contributed by atoms with Gasteiger partial charge in [-0.25, -0.2) is 0 Å². The van der Waals surface area contributed by atoms with E-state index in [4.69, 9.17) is 11.6 Å². The zero-order valence-corrected chi connectivity index (χ0v) is 8.11. The number of alkyl halides is 1. The summed E-state index contributed by atoms with van der Waals surface area (Å²) < 4.78 is 1.19. The Kier molecular flexibility index (Phi) is 2.56. The zero-order valence-electron chi connectivity index (χ0n) is 4.95. The van der Waals surface area contributed by atoms with Gasteiger partial charge in [-0.2, -0.15) is 0 Å². The van der Waals surface area contributed by atoms with Crippen molar-refractivity contribution in [3.8, 4) is 0 Å². The van der Waals surface area contributed by atoms with Gasteiger partial charge in [0.05, 0.1) is 9.67 Å². The van der Waals surface area contributed by atoms with Gasteiger partial charge in [-0.05, 0) is 34.5 Å². The summed E-state index contributed by atoms with van der Waals surface area (Å²) in [6.07, 6.45) is 0. The lowest BCUT2D eigenvalue weighted by molar-refractivity contribution is 1.46. The standard InChI is InChI=1S/C6H6BrClS/c1-4-2-5(3-8)9-6(4)7/h2H,3H2,1H3. The Morgan fingerprint density at radius 2 is 2.44 bits per heavy atom. The minimum absolute atomic E-state index is 0.622. The molecule has 0 amide bonds. The van der Waals surface area contributed by atoms with Crippen LogP contribution in [0.15, 0.2) is 9.85 Å². The highest BCUT2D eigenvalue weighted by atomic mass is 79.9. The van der Waals surface area contributed by atoms with E-state index in [0.29, 0.717) is 5.88 Å². The molecule has 1 aromatic rings. The largest absolute Gasteiger partial charge is 0.132 e. The van der Waals surface area contributed by atoms with Gasteiger partial charge in [-0.15, -0.1) is 22.9 Å². The smallest absolute Gasteiger partial charge is 0.0730 e. The normalized spacial score (nSPS) is 10.1. The number of halogens is 2. The van der Waals surface area contributed by atoms with E-state index in [2.05, 4.69) is 28.9 Å². The Bertz CT molecular complexity index is 187. The highest BCUT2D eigenvalue weighted by Crippen LogP contribution is 2.27. The molecule has 0 aromatic carbocycles. The average Bonchev–Trinajstić information content (AvgIpc) is 2.13. The van der Waals surface area contributed by atoms with Crippen LogP contribution >= 0.6 is 38.9 Å². The Hall–Kier alpha value is 0.470. The summed E-state index contributed by atoms with van der Waals surface area (Å²) in [7, 11) is 0. The molecule has 0 aliphatic carbocycles. The molecule has 0 saturated heterocycles. The number of hydrogen-bond donors (Lipinski definition) is 0. The van der Waals surface area contributed by atoms with Crippen LogP contribution in [0.4, 0.5) is 0 Å². The predicted octanol–water partition coefficient (Wildman–Crippen LogP) is 3.56. The molecule has 1 rings (SSSR count). The molecule has 0 atom stereocenters. The molecular formula is C6H6BrClS. The van der Waals surface area contributed by atoms with Crippen LogP contribution in [0.1, 0.15) is 10.4 Å². The van der Waals surface area contributed by atoms with Gasteiger partial charge in [0.1, 0.15) is 0 Å².